The third kappa shape index (κ3) is 4.08. The summed E-state index contributed by atoms with van der Waals surface area (Å²) in [5.41, 5.74) is 5.73. The van der Waals surface area contributed by atoms with Crippen LogP contribution < -0.4 is 11.1 Å². The molecule has 0 spiro atoms. The zero-order valence-corrected chi connectivity index (χ0v) is 8.71. The normalized spacial score (nSPS) is 17.2. The molecule has 0 aliphatic rings. The van der Waals surface area contributed by atoms with Gasteiger partial charge in [-0.1, -0.05) is 26.3 Å². The second-order valence-electron chi connectivity index (χ2n) is 3.44. The summed E-state index contributed by atoms with van der Waals surface area (Å²) in [6.07, 6.45) is 2.60. The summed E-state index contributed by atoms with van der Waals surface area (Å²) in [5.74, 6) is 0.124. The fraction of sp³-hybridized carbons (Fsp3) is 0.700. The highest BCUT2D eigenvalue weighted by Gasteiger charge is 2.19. The monoisotopic (exact) mass is 184 g/mol. The second kappa shape index (κ2) is 5.75. The molecular formula is C10H20N2O. The topological polar surface area (TPSA) is 55.1 Å². The average molecular weight is 184 g/mol. The van der Waals surface area contributed by atoms with Crippen molar-refractivity contribution in [3.63, 3.8) is 0 Å². The Bertz CT molecular complexity index is 180. The summed E-state index contributed by atoms with van der Waals surface area (Å²) in [6, 6.07) is -0.421. The summed E-state index contributed by atoms with van der Waals surface area (Å²) in [5, 5.41) is 2.76. The molecule has 13 heavy (non-hydrogen) atoms. The molecule has 3 heteroatoms. The molecule has 0 aromatic rings. The number of amides is 1. The minimum absolute atomic E-state index is 0.0115. The minimum atomic E-state index is -0.410. The van der Waals surface area contributed by atoms with Gasteiger partial charge in [-0.2, -0.15) is 0 Å². The van der Waals surface area contributed by atoms with Gasteiger partial charge in [0.05, 0.1) is 6.04 Å². The van der Waals surface area contributed by atoms with Gasteiger partial charge in [0.15, 0.2) is 0 Å². The van der Waals surface area contributed by atoms with Crippen molar-refractivity contribution in [3.05, 3.63) is 12.7 Å². The van der Waals surface area contributed by atoms with Crippen LogP contribution in [0.5, 0.6) is 0 Å². The molecule has 3 nitrogen and oxygen atoms in total. The average Bonchev–Trinajstić information content (AvgIpc) is 2.14. The third-order valence-electron chi connectivity index (χ3n) is 2.28. The maximum Gasteiger partial charge on any atom is 0.237 e. The van der Waals surface area contributed by atoms with E-state index in [-0.39, 0.29) is 17.9 Å². The summed E-state index contributed by atoms with van der Waals surface area (Å²) >= 11 is 0. The highest BCUT2D eigenvalue weighted by atomic mass is 16.2. The molecule has 1 amide bonds. The standard InChI is InChI=1S/C10H20N2O/c1-5-7(3)9(11)10(13)12-8(4)6-2/h6-9H,2,5,11H2,1,3-4H3,(H,12,13)/t7?,8?,9-/m0/s1. The lowest BCUT2D eigenvalue weighted by atomic mass is 9.99. The fourth-order valence-corrected chi connectivity index (χ4v) is 0.892. The molecule has 0 rings (SSSR count). The first kappa shape index (κ1) is 12.2. The van der Waals surface area contributed by atoms with Crippen molar-refractivity contribution in [2.24, 2.45) is 11.7 Å². The van der Waals surface area contributed by atoms with Crippen LogP contribution in [0.2, 0.25) is 0 Å². The van der Waals surface area contributed by atoms with Gasteiger partial charge in [-0.15, -0.1) is 6.58 Å². The molecule has 0 saturated carbocycles. The number of carbonyl (C=O) groups excluding carboxylic acids is 1. The zero-order valence-electron chi connectivity index (χ0n) is 8.71. The lowest BCUT2D eigenvalue weighted by molar-refractivity contribution is -0.123. The maximum absolute atomic E-state index is 11.4. The number of hydrogen-bond acceptors (Lipinski definition) is 2. The van der Waals surface area contributed by atoms with Crippen LogP contribution in [0.1, 0.15) is 27.2 Å². The minimum Gasteiger partial charge on any atom is -0.349 e. The molecule has 3 atom stereocenters. The van der Waals surface area contributed by atoms with Crippen molar-refractivity contribution in [2.45, 2.75) is 39.3 Å². The van der Waals surface area contributed by atoms with E-state index in [0.29, 0.717) is 0 Å². The van der Waals surface area contributed by atoms with Crippen molar-refractivity contribution in [1.82, 2.24) is 5.32 Å². The Hall–Kier alpha value is -0.830. The number of nitrogens with one attached hydrogen (secondary N) is 1. The molecule has 0 heterocycles. The predicted octanol–water partition coefficient (Wildman–Crippen LogP) is 1.05. The maximum atomic E-state index is 11.4. The third-order valence-corrected chi connectivity index (χ3v) is 2.28. The summed E-state index contributed by atoms with van der Waals surface area (Å²) < 4.78 is 0. The van der Waals surface area contributed by atoms with Gasteiger partial charge in [0.25, 0.3) is 0 Å². The van der Waals surface area contributed by atoms with E-state index in [1.165, 1.54) is 0 Å². The molecular weight excluding hydrogens is 164 g/mol. The van der Waals surface area contributed by atoms with Gasteiger partial charge in [-0.25, -0.2) is 0 Å². The second-order valence-corrected chi connectivity index (χ2v) is 3.44. The van der Waals surface area contributed by atoms with E-state index in [2.05, 4.69) is 11.9 Å². The summed E-state index contributed by atoms with van der Waals surface area (Å²) in [6.45, 7) is 9.45. The molecule has 0 aromatic heterocycles. The van der Waals surface area contributed by atoms with E-state index in [4.69, 9.17) is 5.73 Å². The number of carbonyl (C=O) groups is 1. The van der Waals surface area contributed by atoms with Crippen LogP contribution in [0.3, 0.4) is 0 Å². The van der Waals surface area contributed by atoms with Crippen LogP contribution in [0.4, 0.5) is 0 Å². The molecule has 0 aromatic carbocycles. The van der Waals surface area contributed by atoms with E-state index in [1.54, 1.807) is 6.08 Å². The zero-order chi connectivity index (χ0) is 10.4. The summed E-state index contributed by atoms with van der Waals surface area (Å²) in [4.78, 5) is 11.4. The molecule has 76 valence electrons. The predicted molar refractivity (Wildman–Crippen MR) is 55.2 cm³/mol. The van der Waals surface area contributed by atoms with E-state index in [9.17, 15) is 4.79 Å². The van der Waals surface area contributed by atoms with Crippen molar-refractivity contribution in [3.8, 4) is 0 Å². The Morgan fingerprint density at radius 3 is 2.54 bits per heavy atom. The van der Waals surface area contributed by atoms with Crippen molar-refractivity contribution < 1.29 is 4.79 Å². The molecule has 0 aliphatic carbocycles. The Morgan fingerprint density at radius 1 is 1.62 bits per heavy atom. The quantitative estimate of drug-likeness (QED) is 0.627. The van der Waals surface area contributed by atoms with Crippen molar-refractivity contribution in [1.29, 1.82) is 0 Å². The molecule has 0 fully saturated rings. The van der Waals surface area contributed by atoms with Crippen LogP contribution in [-0.4, -0.2) is 18.0 Å². The lowest BCUT2D eigenvalue weighted by Crippen LogP contribution is -2.47. The van der Waals surface area contributed by atoms with Crippen LogP contribution in [0, 0.1) is 5.92 Å². The van der Waals surface area contributed by atoms with Crippen LogP contribution in [0.15, 0.2) is 12.7 Å². The smallest absolute Gasteiger partial charge is 0.237 e. The first-order chi connectivity index (χ1) is 6.02. The molecule has 2 unspecified atom stereocenters. The van der Waals surface area contributed by atoms with Gasteiger partial charge in [-0.3, -0.25) is 4.79 Å². The van der Waals surface area contributed by atoms with E-state index < -0.39 is 6.04 Å². The molecule has 0 saturated heterocycles. The van der Waals surface area contributed by atoms with E-state index >= 15 is 0 Å². The van der Waals surface area contributed by atoms with Gasteiger partial charge in [0, 0.05) is 6.04 Å². The van der Waals surface area contributed by atoms with E-state index in [1.807, 2.05) is 20.8 Å². The Morgan fingerprint density at radius 2 is 2.15 bits per heavy atom. The van der Waals surface area contributed by atoms with Crippen LogP contribution >= 0.6 is 0 Å². The van der Waals surface area contributed by atoms with Gasteiger partial charge in [0.2, 0.25) is 5.91 Å². The SMILES string of the molecule is C=CC(C)NC(=O)[C@@H](N)C(C)CC. The molecule has 0 bridgehead atoms. The lowest BCUT2D eigenvalue weighted by Gasteiger charge is -2.19. The van der Waals surface area contributed by atoms with Gasteiger partial charge in [0.1, 0.15) is 0 Å². The first-order valence-corrected chi connectivity index (χ1v) is 4.71. The number of nitrogens with two attached hydrogens (primary N) is 1. The number of rotatable bonds is 5. The molecule has 0 radical (unpaired) electrons. The Kier molecular flexibility index (Phi) is 5.39. The highest BCUT2D eigenvalue weighted by molar-refractivity contribution is 5.82. The van der Waals surface area contributed by atoms with Crippen LogP contribution in [0.25, 0.3) is 0 Å². The molecule has 3 N–H and O–H groups in total. The Labute approximate surface area is 80.4 Å². The first-order valence-electron chi connectivity index (χ1n) is 4.71. The van der Waals surface area contributed by atoms with Crippen molar-refractivity contribution >= 4 is 5.91 Å². The van der Waals surface area contributed by atoms with Gasteiger partial charge < -0.3 is 11.1 Å². The van der Waals surface area contributed by atoms with E-state index in [0.717, 1.165) is 6.42 Å². The van der Waals surface area contributed by atoms with Gasteiger partial charge >= 0.3 is 0 Å². The van der Waals surface area contributed by atoms with Crippen molar-refractivity contribution in [2.75, 3.05) is 0 Å². The van der Waals surface area contributed by atoms with Crippen LogP contribution in [-0.2, 0) is 4.79 Å². The Balaban J connectivity index is 4.03. The highest BCUT2D eigenvalue weighted by Crippen LogP contribution is 2.05. The number of hydrogen-bond donors (Lipinski definition) is 2. The molecule has 0 aliphatic heterocycles. The fourth-order valence-electron chi connectivity index (χ4n) is 0.892. The summed E-state index contributed by atoms with van der Waals surface area (Å²) in [7, 11) is 0. The van der Waals surface area contributed by atoms with Gasteiger partial charge in [-0.05, 0) is 12.8 Å². The largest absolute Gasteiger partial charge is 0.349 e.